The van der Waals surface area contributed by atoms with E-state index in [9.17, 15) is 14.9 Å². The van der Waals surface area contributed by atoms with Crippen LogP contribution in [0.4, 0.5) is 5.69 Å². The second-order valence-corrected chi connectivity index (χ2v) is 10.6. The third-order valence-electron chi connectivity index (χ3n) is 5.75. The lowest BCUT2D eigenvalue weighted by atomic mass is 10.0. The fraction of sp³-hybridized carbons (Fsp3) is 0.222. The zero-order valence-corrected chi connectivity index (χ0v) is 22.0. The van der Waals surface area contributed by atoms with E-state index in [-0.39, 0.29) is 23.1 Å². The minimum atomic E-state index is -0.585. The number of rotatable bonds is 7. The van der Waals surface area contributed by atoms with Crippen LogP contribution in [0.25, 0.3) is 0 Å². The lowest BCUT2D eigenvalue weighted by Crippen LogP contribution is -2.32. The third-order valence-corrected chi connectivity index (χ3v) is 7.60. The number of nitriles is 1. The highest BCUT2D eigenvalue weighted by Gasteiger charge is 2.41. The first kappa shape index (κ1) is 25.9. The predicted octanol–water partition coefficient (Wildman–Crippen LogP) is 6.45. The van der Waals surface area contributed by atoms with Crippen molar-refractivity contribution in [2.45, 2.75) is 38.0 Å². The van der Waals surface area contributed by atoms with E-state index >= 15 is 0 Å². The van der Waals surface area contributed by atoms with E-state index in [2.05, 4.69) is 19.2 Å². The van der Waals surface area contributed by atoms with Crippen LogP contribution in [0.2, 0.25) is 10.0 Å². The Labute approximate surface area is 223 Å². The van der Waals surface area contributed by atoms with Gasteiger partial charge in [-0.1, -0.05) is 67.0 Å². The normalized spacial score (nSPS) is 16.8. The van der Waals surface area contributed by atoms with Crippen molar-refractivity contribution in [1.82, 2.24) is 5.32 Å². The third kappa shape index (κ3) is 5.62. The molecule has 36 heavy (non-hydrogen) atoms. The van der Waals surface area contributed by atoms with Crippen molar-refractivity contribution in [2.24, 2.45) is 0 Å². The lowest BCUT2D eigenvalue weighted by Gasteiger charge is -2.19. The average molecular weight is 540 g/mol. The molecule has 0 radical (unpaired) electrons. The predicted molar refractivity (Wildman–Crippen MR) is 143 cm³/mol. The molecule has 0 saturated carbocycles. The molecule has 1 atom stereocenters. The van der Waals surface area contributed by atoms with Gasteiger partial charge in [0, 0.05) is 15.7 Å². The van der Waals surface area contributed by atoms with Crippen LogP contribution in [-0.4, -0.2) is 17.1 Å². The number of thioether (sulfide) groups is 1. The van der Waals surface area contributed by atoms with E-state index in [1.807, 2.05) is 30.3 Å². The number of anilines is 1. The molecule has 1 fully saturated rings. The molecule has 2 amide bonds. The maximum Gasteiger partial charge on any atom is 0.265 e. The van der Waals surface area contributed by atoms with Gasteiger partial charge in [0.2, 0.25) is 5.91 Å². The van der Waals surface area contributed by atoms with Crippen LogP contribution in [0, 0.1) is 11.3 Å². The largest absolute Gasteiger partial charge is 0.467 e. The topological polar surface area (TPSA) is 86.3 Å². The van der Waals surface area contributed by atoms with E-state index in [0.717, 1.165) is 11.1 Å². The molecule has 1 aliphatic rings. The van der Waals surface area contributed by atoms with Gasteiger partial charge < -0.3 is 9.73 Å². The first-order chi connectivity index (χ1) is 17.3. The van der Waals surface area contributed by atoms with Crippen molar-refractivity contribution in [2.75, 3.05) is 4.90 Å². The van der Waals surface area contributed by atoms with E-state index in [1.54, 1.807) is 30.3 Å². The molecule has 1 aliphatic heterocycles. The van der Waals surface area contributed by atoms with E-state index in [0.29, 0.717) is 33.8 Å². The Balaban J connectivity index is 1.70. The van der Waals surface area contributed by atoms with Gasteiger partial charge in [0.05, 0.1) is 18.1 Å². The number of carbonyl (C=O) groups excluding carboxylic acids is 2. The van der Waals surface area contributed by atoms with Crippen molar-refractivity contribution >= 4 is 52.5 Å². The molecule has 184 valence electrons. The van der Waals surface area contributed by atoms with E-state index in [4.69, 9.17) is 27.6 Å². The SMILES string of the molecule is CC(C)c1ccc(N2C(=O)C(Cc3ccc(Cl)cc3Cl)S/C2=C(/C#N)C(=O)NCc2ccco2)cc1. The Morgan fingerprint density at radius 1 is 1.19 bits per heavy atom. The van der Waals surface area contributed by atoms with Crippen molar-refractivity contribution in [1.29, 1.82) is 5.26 Å². The number of carbonyl (C=O) groups is 2. The summed E-state index contributed by atoms with van der Waals surface area (Å²) in [6, 6.07) is 18.1. The summed E-state index contributed by atoms with van der Waals surface area (Å²) in [6.07, 6.45) is 1.82. The summed E-state index contributed by atoms with van der Waals surface area (Å²) in [5, 5.41) is 13.3. The molecule has 3 aromatic rings. The van der Waals surface area contributed by atoms with Gasteiger partial charge in [-0.05, 0) is 59.9 Å². The van der Waals surface area contributed by atoms with E-state index < -0.39 is 11.2 Å². The van der Waals surface area contributed by atoms with Crippen molar-refractivity contribution in [3.05, 3.63) is 98.4 Å². The first-order valence-corrected chi connectivity index (χ1v) is 12.9. The number of furan rings is 1. The number of nitrogens with one attached hydrogen (secondary N) is 1. The van der Waals surface area contributed by atoms with Gasteiger partial charge >= 0.3 is 0 Å². The fourth-order valence-electron chi connectivity index (χ4n) is 3.79. The molecule has 2 aromatic carbocycles. The monoisotopic (exact) mass is 539 g/mol. The van der Waals surface area contributed by atoms with Gasteiger partial charge in [0.25, 0.3) is 5.91 Å². The second-order valence-electron chi connectivity index (χ2n) is 8.52. The standard InChI is InChI=1S/C27H23Cl2N3O3S/c1-16(2)17-6-9-20(10-7-17)32-26(34)24(12-18-5-8-19(28)13-23(18)29)36-27(32)22(14-30)25(33)31-15-21-4-3-11-35-21/h3-11,13,16,24H,12,15H2,1-2H3,(H,31,33)/b27-22-. The number of benzene rings is 2. The Bertz CT molecular complexity index is 1350. The molecular formula is C27H23Cl2N3O3S. The summed E-state index contributed by atoms with van der Waals surface area (Å²) in [7, 11) is 0. The van der Waals surface area contributed by atoms with Crippen molar-refractivity contribution < 1.29 is 14.0 Å². The molecule has 1 unspecified atom stereocenters. The van der Waals surface area contributed by atoms with Crippen LogP contribution in [0.3, 0.4) is 0 Å². The molecule has 6 nitrogen and oxygen atoms in total. The first-order valence-electron chi connectivity index (χ1n) is 11.3. The minimum absolute atomic E-state index is 0.121. The zero-order valence-electron chi connectivity index (χ0n) is 19.6. The number of halogens is 2. The Kier molecular flexibility index (Phi) is 8.10. The van der Waals surface area contributed by atoms with Gasteiger partial charge in [-0.2, -0.15) is 5.26 Å². The number of amides is 2. The maximum absolute atomic E-state index is 13.7. The van der Waals surface area contributed by atoms with Gasteiger partial charge in [0.15, 0.2) is 0 Å². The number of hydrogen-bond donors (Lipinski definition) is 1. The molecular weight excluding hydrogens is 517 g/mol. The molecule has 9 heteroatoms. The zero-order chi connectivity index (χ0) is 25.8. The molecule has 2 heterocycles. The summed E-state index contributed by atoms with van der Waals surface area (Å²) in [5.74, 6) is 0.0554. The van der Waals surface area contributed by atoms with Crippen LogP contribution in [0.15, 0.2) is 75.9 Å². The van der Waals surface area contributed by atoms with Crippen molar-refractivity contribution in [3.8, 4) is 6.07 Å². The lowest BCUT2D eigenvalue weighted by molar-refractivity contribution is -0.117. The summed E-state index contributed by atoms with van der Waals surface area (Å²) < 4.78 is 5.26. The molecule has 1 saturated heterocycles. The van der Waals surface area contributed by atoms with Crippen LogP contribution in [0.1, 0.15) is 36.7 Å². The second kappa shape index (κ2) is 11.3. The highest BCUT2D eigenvalue weighted by molar-refractivity contribution is 8.05. The Morgan fingerprint density at radius 3 is 2.56 bits per heavy atom. The highest BCUT2D eigenvalue weighted by Crippen LogP contribution is 2.42. The van der Waals surface area contributed by atoms with Crippen LogP contribution in [-0.2, 0) is 22.6 Å². The maximum atomic E-state index is 13.7. The Hall–Kier alpha value is -3.18. The average Bonchev–Trinajstić information content (AvgIpc) is 3.48. The van der Waals surface area contributed by atoms with Crippen LogP contribution < -0.4 is 10.2 Å². The molecule has 0 aliphatic carbocycles. The summed E-state index contributed by atoms with van der Waals surface area (Å²) in [5.41, 5.74) is 2.31. The fourth-order valence-corrected chi connectivity index (χ4v) is 5.57. The van der Waals surface area contributed by atoms with Gasteiger partial charge in [0.1, 0.15) is 22.4 Å². The van der Waals surface area contributed by atoms with Crippen molar-refractivity contribution in [3.63, 3.8) is 0 Å². The highest BCUT2D eigenvalue weighted by atomic mass is 35.5. The quantitative estimate of drug-likeness (QED) is 0.275. The van der Waals surface area contributed by atoms with E-state index in [1.165, 1.54) is 22.9 Å². The number of nitrogens with zero attached hydrogens (tertiary/aromatic N) is 2. The van der Waals surface area contributed by atoms with Gasteiger partial charge in [-0.25, -0.2) is 0 Å². The smallest absolute Gasteiger partial charge is 0.265 e. The van der Waals surface area contributed by atoms with Gasteiger partial charge in [-0.3, -0.25) is 14.5 Å². The summed E-state index contributed by atoms with van der Waals surface area (Å²) in [6.45, 7) is 4.29. The van der Waals surface area contributed by atoms with Crippen LogP contribution in [0.5, 0.6) is 0 Å². The Morgan fingerprint density at radius 2 is 1.94 bits per heavy atom. The summed E-state index contributed by atoms with van der Waals surface area (Å²) in [4.78, 5) is 28.1. The molecule has 0 bridgehead atoms. The van der Waals surface area contributed by atoms with Gasteiger partial charge in [-0.15, -0.1) is 0 Å². The minimum Gasteiger partial charge on any atom is -0.467 e. The molecule has 1 aromatic heterocycles. The molecule has 4 rings (SSSR count). The van der Waals surface area contributed by atoms with Crippen LogP contribution >= 0.6 is 35.0 Å². The summed E-state index contributed by atoms with van der Waals surface area (Å²) >= 11 is 13.6. The molecule has 1 N–H and O–H groups in total. The molecule has 0 spiro atoms. The number of hydrogen-bond acceptors (Lipinski definition) is 5.